The van der Waals surface area contributed by atoms with Crippen LogP contribution in [0.15, 0.2) is 24.3 Å². The summed E-state index contributed by atoms with van der Waals surface area (Å²) in [6.07, 6.45) is 1.35. The predicted molar refractivity (Wildman–Crippen MR) is 79.1 cm³/mol. The van der Waals surface area contributed by atoms with Gasteiger partial charge in [-0.15, -0.1) is 0 Å². The molecule has 0 radical (unpaired) electrons. The monoisotopic (exact) mass is 278 g/mol. The molecule has 1 aromatic carbocycles. The minimum absolute atomic E-state index is 0.164. The molecule has 5 heteroatoms. The van der Waals surface area contributed by atoms with Gasteiger partial charge in [-0.05, 0) is 30.7 Å². The molecular formula is C15H22N2O3. The molecule has 0 bridgehead atoms. The molecule has 0 saturated heterocycles. The fourth-order valence-electron chi connectivity index (χ4n) is 1.89. The summed E-state index contributed by atoms with van der Waals surface area (Å²) in [6, 6.07) is 7.19. The zero-order valence-electron chi connectivity index (χ0n) is 12.2. The molecular weight excluding hydrogens is 256 g/mol. The third-order valence-electron chi connectivity index (χ3n) is 3.14. The lowest BCUT2D eigenvalue weighted by Gasteiger charge is -2.14. The molecule has 20 heavy (non-hydrogen) atoms. The molecule has 1 atom stereocenters. The second kappa shape index (κ2) is 7.53. The van der Waals surface area contributed by atoms with Crippen LogP contribution in [0.4, 0.5) is 5.69 Å². The number of anilines is 1. The molecule has 0 spiro atoms. The van der Waals surface area contributed by atoms with E-state index >= 15 is 0 Å². The fourth-order valence-corrected chi connectivity index (χ4v) is 1.89. The number of amides is 1. The van der Waals surface area contributed by atoms with Crippen molar-refractivity contribution in [3.63, 3.8) is 0 Å². The maximum Gasteiger partial charge on any atom is 0.308 e. The third-order valence-corrected chi connectivity index (χ3v) is 3.14. The Morgan fingerprint density at radius 1 is 1.25 bits per heavy atom. The van der Waals surface area contributed by atoms with Crippen LogP contribution < -0.4 is 10.2 Å². The van der Waals surface area contributed by atoms with Crippen LogP contribution in [0.3, 0.4) is 0 Å². The molecule has 2 N–H and O–H groups in total. The first kappa shape index (κ1) is 16.0. The highest BCUT2D eigenvalue weighted by Gasteiger charge is 2.17. The predicted octanol–water partition coefficient (Wildman–Crippen LogP) is 1.98. The third kappa shape index (κ3) is 4.57. The lowest BCUT2D eigenvalue weighted by atomic mass is 10.0. The Kier molecular flexibility index (Phi) is 6.03. The zero-order chi connectivity index (χ0) is 15.1. The van der Waals surface area contributed by atoms with E-state index in [9.17, 15) is 9.59 Å². The zero-order valence-corrected chi connectivity index (χ0v) is 12.2. The first-order chi connectivity index (χ1) is 9.45. The first-order valence-corrected chi connectivity index (χ1v) is 6.74. The van der Waals surface area contributed by atoms with Crippen LogP contribution >= 0.6 is 0 Å². The van der Waals surface area contributed by atoms with Gasteiger partial charge in [0.1, 0.15) is 0 Å². The van der Waals surface area contributed by atoms with Crippen LogP contribution in [-0.4, -0.2) is 37.6 Å². The number of nitrogens with one attached hydrogen (secondary N) is 1. The molecule has 1 rings (SSSR count). The van der Waals surface area contributed by atoms with Gasteiger partial charge >= 0.3 is 5.97 Å². The smallest absolute Gasteiger partial charge is 0.308 e. The number of hydrogen-bond donors (Lipinski definition) is 2. The molecule has 0 saturated carbocycles. The highest BCUT2D eigenvalue weighted by atomic mass is 16.4. The van der Waals surface area contributed by atoms with Crippen molar-refractivity contribution in [2.24, 2.45) is 5.92 Å². The quantitative estimate of drug-likeness (QED) is 0.800. The van der Waals surface area contributed by atoms with Gasteiger partial charge in [0, 0.05) is 31.9 Å². The van der Waals surface area contributed by atoms with E-state index in [1.165, 1.54) is 0 Å². The van der Waals surface area contributed by atoms with Crippen LogP contribution in [0.5, 0.6) is 0 Å². The standard InChI is InChI=1S/C15H22N2O3/c1-4-5-12(15(19)20)10-16-14(18)11-6-8-13(9-7-11)17(2)3/h6-9,12H,4-5,10H2,1-3H3,(H,16,18)(H,19,20). The Morgan fingerprint density at radius 2 is 1.85 bits per heavy atom. The molecule has 0 heterocycles. The van der Waals surface area contributed by atoms with E-state index in [4.69, 9.17) is 5.11 Å². The molecule has 1 amide bonds. The van der Waals surface area contributed by atoms with E-state index in [1.807, 2.05) is 38.1 Å². The Hall–Kier alpha value is -2.04. The minimum atomic E-state index is -0.866. The van der Waals surface area contributed by atoms with Crippen molar-refractivity contribution in [1.29, 1.82) is 0 Å². The molecule has 0 aliphatic rings. The van der Waals surface area contributed by atoms with Crippen molar-refractivity contribution in [1.82, 2.24) is 5.32 Å². The molecule has 110 valence electrons. The summed E-state index contributed by atoms with van der Waals surface area (Å²) < 4.78 is 0. The molecule has 0 aliphatic carbocycles. The van der Waals surface area contributed by atoms with E-state index in [1.54, 1.807) is 12.1 Å². The summed E-state index contributed by atoms with van der Waals surface area (Å²) in [4.78, 5) is 24.9. The summed E-state index contributed by atoms with van der Waals surface area (Å²) in [5, 5.41) is 11.7. The Balaban J connectivity index is 2.60. The topological polar surface area (TPSA) is 69.6 Å². The second-order valence-corrected chi connectivity index (χ2v) is 4.98. The van der Waals surface area contributed by atoms with Gasteiger partial charge in [-0.1, -0.05) is 13.3 Å². The number of carboxylic acid groups (broad SMARTS) is 1. The average molecular weight is 278 g/mol. The van der Waals surface area contributed by atoms with E-state index < -0.39 is 11.9 Å². The van der Waals surface area contributed by atoms with Crippen molar-refractivity contribution in [3.8, 4) is 0 Å². The van der Waals surface area contributed by atoms with E-state index in [0.717, 1.165) is 12.1 Å². The molecule has 0 aromatic heterocycles. The Morgan fingerprint density at radius 3 is 2.30 bits per heavy atom. The fraction of sp³-hybridized carbons (Fsp3) is 0.467. The minimum Gasteiger partial charge on any atom is -0.481 e. The second-order valence-electron chi connectivity index (χ2n) is 4.98. The normalized spacial score (nSPS) is 11.8. The van der Waals surface area contributed by atoms with Crippen LogP contribution in [0, 0.1) is 5.92 Å². The van der Waals surface area contributed by atoms with Crippen LogP contribution in [0.25, 0.3) is 0 Å². The van der Waals surface area contributed by atoms with Gasteiger partial charge < -0.3 is 15.3 Å². The molecule has 0 fully saturated rings. The maximum atomic E-state index is 11.9. The number of carbonyl (C=O) groups is 2. The van der Waals surface area contributed by atoms with Gasteiger partial charge in [0.15, 0.2) is 0 Å². The average Bonchev–Trinajstić information content (AvgIpc) is 2.42. The van der Waals surface area contributed by atoms with E-state index in [0.29, 0.717) is 12.0 Å². The van der Waals surface area contributed by atoms with Crippen molar-refractivity contribution in [2.75, 3.05) is 25.5 Å². The number of nitrogens with zero attached hydrogens (tertiary/aromatic N) is 1. The van der Waals surface area contributed by atoms with Crippen LogP contribution in [0.1, 0.15) is 30.1 Å². The number of carbonyl (C=O) groups excluding carboxylic acids is 1. The number of carboxylic acids is 1. The van der Waals surface area contributed by atoms with E-state index in [-0.39, 0.29) is 12.5 Å². The van der Waals surface area contributed by atoms with Crippen molar-refractivity contribution >= 4 is 17.6 Å². The SMILES string of the molecule is CCCC(CNC(=O)c1ccc(N(C)C)cc1)C(=O)O. The number of benzene rings is 1. The summed E-state index contributed by atoms with van der Waals surface area (Å²) in [5.74, 6) is -1.63. The summed E-state index contributed by atoms with van der Waals surface area (Å²) in [6.45, 7) is 2.09. The Labute approximate surface area is 119 Å². The van der Waals surface area contributed by atoms with Crippen molar-refractivity contribution in [3.05, 3.63) is 29.8 Å². The van der Waals surface area contributed by atoms with Gasteiger partial charge in [0.05, 0.1) is 5.92 Å². The Bertz CT molecular complexity index is 455. The van der Waals surface area contributed by atoms with Gasteiger partial charge in [-0.25, -0.2) is 0 Å². The number of hydrogen-bond acceptors (Lipinski definition) is 3. The van der Waals surface area contributed by atoms with Crippen LogP contribution in [-0.2, 0) is 4.79 Å². The van der Waals surface area contributed by atoms with Gasteiger partial charge in [0.2, 0.25) is 0 Å². The molecule has 1 unspecified atom stereocenters. The first-order valence-electron chi connectivity index (χ1n) is 6.74. The molecule has 1 aromatic rings. The highest BCUT2D eigenvalue weighted by molar-refractivity contribution is 5.94. The van der Waals surface area contributed by atoms with Gasteiger partial charge in [-0.3, -0.25) is 9.59 Å². The summed E-state index contributed by atoms with van der Waals surface area (Å²) >= 11 is 0. The van der Waals surface area contributed by atoms with Gasteiger partial charge in [0.25, 0.3) is 5.91 Å². The summed E-state index contributed by atoms with van der Waals surface area (Å²) in [7, 11) is 3.86. The lowest BCUT2D eigenvalue weighted by Crippen LogP contribution is -2.32. The molecule has 5 nitrogen and oxygen atoms in total. The van der Waals surface area contributed by atoms with E-state index in [2.05, 4.69) is 5.32 Å². The number of rotatable bonds is 7. The maximum absolute atomic E-state index is 11.9. The van der Waals surface area contributed by atoms with Crippen LogP contribution in [0.2, 0.25) is 0 Å². The highest BCUT2D eigenvalue weighted by Crippen LogP contribution is 2.12. The molecule has 0 aliphatic heterocycles. The largest absolute Gasteiger partial charge is 0.481 e. The van der Waals surface area contributed by atoms with Gasteiger partial charge in [-0.2, -0.15) is 0 Å². The summed E-state index contributed by atoms with van der Waals surface area (Å²) in [5.41, 5.74) is 1.55. The lowest BCUT2D eigenvalue weighted by molar-refractivity contribution is -0.141. The van der Waals surface area contributed by atoms with Crippen molar-refractivity contribution in [2.45, 2.75) is 19.8 Å². The number of aliphatic carboxylic acids is 1. The van der Waals surface area contributed by atoms with Crippen molar-refractivity contribution < 1.29 is 14.7 Å².